The lowest BCUT2D eigenvalue weighted by molar-refractivity contribution is -0.122. The van der Waals surface area contributed by atoms with Gasteiger partial charge in [-0.1, -0.05) is 12.1 Å². The van der Waals surface area contributed by atoms with Crippen molar-refractivity contribution < 1.29 is 14.3 Å². The van der Waals surface area contributed by atoms with Gasteiger partial charge in [-0.3, -0.25) is 4.79 Å². The molecule has 0 aromatic heterocycles. The molecule has 2 aromatic carbocycles. The van der Waals surface area contributed by atoms with Crippen LogP contribution in [0.1, 0.15) is 25.0 Å². The summed E-state index contributed by atoms with van der Waals surface area (Å²) in [5.74, 6) is 1.33. The smallest absolute Gasteiger partial charge is 0.265 e. The molecule has 1 unspecified atom stereocenters. The molecule has 1 amide bonds. The Balaban J connectivity index is 1.98. The average Bonchev–Trinajstić information content (AvgIpc) is 2.54. The molecule has 2 rings (SSSR count). The fourth-order valence-electron chi connectivity index (χ4n) is 2.14. The van der Waals surface area contributed by atoms with Gasteiger partial charge in [-0.15, -0.1) is 0 Å². The summed E-state index contributed by atoms with van der Waals surface area (Å²) in [6.07, 6.45) is -0.581. The number of carbonyl (C=O) groups is 1. The van der Waals surface area contributed by atoms with Crippen molar-refractivity contribution in [2.24, 2.45) is 0 Å². The third-order valence-electron chi connectivity index (χ3n) is 3.66. The monoisotopic (exact) mass is 313 g/mol. The highest BCUT2D eigenvalue weighted by atomic mass is 16.5. The van der Waals surface area contributed by atoms with Gasteiger partial charge in [-0.2, -0.15) is 0 Å². The van der Waals surface area contributed by atoms with Crippen molar-refractivity contribution in [2.45, 2.75) is 33.8 Å². The molecule has 1 atom stereocenters. The number of hydrogen-bond acceptors (Lipinski definition) is 3. The maximum absolute atomic E-state index is 12.3. The van der Waals surface area contributed by atoms with Gasteiger partial charge >= 0.3 is 0 Å². The predicted octanol–water partition coefficient (Wildman–Crippen LogP) is 4.11. The normalized spacial score (nSPS) is 11.7. The Kier molecular flexibility index (Phi) is 5.63. The number of carbonyl (C=O) groups excluding carboxylic acids is 1. The largest absolute Gasteiger partial charge is 0.494 e. The van der Waals surface area contributed by atoms with E-state index in [1.54, 1.807) is 6.92 Å². The summed E-state index contributed by atoms with van der Waals surface area (Å²) in [5.41, 5.74) is 2.91. The SMILES string of the molecule is CCOc1ccc(NC(=O)C(C)Oc2cccc(C)c2C)cc1. The molecule has 23 heavy (non-hydrogen) atoms. The van der Waals surface area contributed by atoms with E-state index < -0.39 is 6.10 Å². The molecule has 0 fully saturated rings. The Morgan fingerprint density at radius 1 is 1.13 bits per heavy atom. The van der Waals surface area contributed by atoms with E-state index in [4.69, 9.17) is 9.47 Å². The lowest BCUT2D eigenvalue weighted by atomic mass is 10.1. The molecule has 0 saturated carbocycles. The summed E-state index contributed by atoms with van der Waals surface area (Å²) in [5, 5.41) is 2.85. The van der Waals surface area contributed by atoms with Gasteiger partial charge in [0.2, 0.25) is 0 Å². The molecule has 0 radical (unpaired) electrons. The molecule has 0 bridgehead atoms. The third kappa shape index (κ3) is 4.49. The van der Waals surface area contributed by atoms with Gasteiger partial charge in [-0.05, 0) is 69.2 Å². The number of rotatable bonds is 6. The molecule has 4 nitrogen and oxygen atoms in total. The van der Waals surface area contributed by atoms with E-state index in [0.29, 0.717) is 6.61 Å². The highest BCUT2D eigenvalue weighted by Gasteiger charge is 2.16. The summed E-state index contributed by atoms with van der Waals surface area (Å²) >= 11 is 0. The number of benzene rings is 2. The van der Waals surface area contributed by atoms with Crippen molar-refractivity contribution in [1.29, 1.82) is 0 Å². The molecular formula is C19H23NO3. The number of anilines is 1. The second kappa shape index (κ2) is 7.68. The number of amides is 1. The zero-order chi connectivity index (χ0) is 16.8. The van der Waals surface area contributed by atoms with E-state index in [9.17, 15) is 4.79 Å². The van der Waals surface area contributed by atoms with E-state index in [-0.39, 0.29) is 5.91 Å². The maximum atomic E-state index is 12.3. The molecule has 0 aliphatic heterocycles. The van der Waals surface area contributed by atoms with Crippen LogP contribution in [0.25, 0.3) is 0 Å². The minimum absolute atomic E-state index is 0.185. The third-order valence-corrected chi connectivity index (χ3v) is 3.66. The molecular weight excluding hydrogens is 290 g/mol. The van der Waals surface area contributed by atoms with Gasteiger partial charge in [0.25, 0.3) is 5.91 Å². The molecule has 0 aliphatic carbocycles. The van der Waals surface area contributed by atoms with E-state index in [2.05, 4.69) is 5.32 Å². The van der Waals surface area contributed by atoms with E-state index >= 15 is 0 Å². The Hall–Kier alpha value is -2.49. The van der Waals surface area contributed by atoms with Gasteiger partial charge in [0.1, 0.15) is 11.5 Å². The Morgan fingerprint density at radius 2 is 1.83 bits per heavy atom. The van der Waals surface area contributed by atoms with Gasteiger partial charge in [0.15, 0.2) is 6.10 Å². The van der Waals surface area contributed by atoms with Gasteiger partial charge in [0.05, 0.1) is 6.61 Å². The topological polar surface area (TPSA) is 47.6 Å². The zero-order valence-electron chi connectivity index (χ0n) is 14.1. The Morgan fingerprint density at radius 3 is 2.48 bits per heavy atom. The highest BCUT2D eigenvalue weighted by Crippen LogP contribution is 2.22. The van der Waals surface area contributed by atoms with Crippen LogP contribution >= 0.6 is 0 Å². The first-order valence-electron chi connectivity index (χ1n) is 7.78. The standard InChI is InChI=1S/C19H23NO3/c1-5-22-17-11-9-16(10-12-17)20-19(21)15(4)23-18-8-6-7-13(2)14(18)3/h6-12,15H,5H2,1-4H3,(H,20,21). The fourth-order valence-corrected chi connectivity index (χ4v) is 2.14. The first-order valence-corrected chi connectivity index (χ1v) is 7.78. The van der Waals surface area contributed by atoms with Crippen LogP contribution in [0.5, 0.6) is 11.5 Å². The highest BCUT2D eigenvalue weighted by molar-refractivity contribution is 5.94. The minimum Gasteiger partial charge on any atom is -0.494 e. The molecule has 0 saturated heterocycles. The first-order chi connectivity index (χ1) is 11.0. The van der Waals surface area contributed by atoms with E-state index in [1.165, 1.54) is 0 Å². The van der Waals surface area contributed by atoms with Crippen LogP contribution in [0.4, 0.5) is 5.69 Å². The van der Waals surface area contributed by atoms with Crippen LogP contribution in [-0.4, -0.2) is 18.6 Å². The molecule has 0 spiro atoms. The second-order valence-electron chi connectivity index (χ2n) is 5.40. The number of aryl methyl sites for hydroxylation is 1. The van der Waals surface area contributed by atoms with Crippen LogP contribution in [0.15, 0.2) is 42.5 Å². The Labute approximate surface area is 137 Å². The van der Waals surface area contributed by atoms with Crippen LogP contribution < -0.4 is 14.8 Å². The lowest BCUT2D eigenvalue weighted by Gasteiger charge is -2.17. The zero-order valence-corrected chi connectivity index (χ0v) is 14.1. The predicted molar refractivity (Wildman–Crippen MR) is 92.2 cm³/mol. The summed E-state index contributed by atoms with van der Waals surface area (Å²) in [6, 6.07) is 13.1. The van der Waals surface area contributed by atoms with Crippen molar-refractivity contribution >= 4 is 11.6 Å². The summed E-state index contributed by atoms with van der Waals surface area (Å²) in [6.45, 7) is 8.30. The van der Waals surface area contributed by atoms with Crippen molar-refractivity contribution in [3.63, 3.8) is 0 Å². The van der Waals surface area contributed by atoms with Crippen molar-refractivity contribution in [1.82, 2.24) is 0 Å². The lowest BCUT2D eigenvalue weighted by Crippen LogP contribution is -2.30. The fraction of sp³-hybridized carbons (Fsp3) is 0.316. The number of hydrogen-bond donors (Lipinski definition) is 1. The second-order valence-corrected chi connectivity index (χ2v) is 5.40. The van der Waals surface area contributed by atoms with E-state index in [0.717, 1.165) is 28.3 Å². The molecule has 4 heteroatoms. The van der Waals surface area contributed by atoms with E-state index in [1.807, 2.05) is 63.2 Å². The maximum Gasteiger partial charge on any atom is 0.265 e. The Bertz CT molecular complexity index is 665. The van der Waals surface area contributed by atoms with Crippen LogP contribution in [-0.2, 0) is 4.79 Å². The summed E-state index contributed by atoms with van der Waals surface area (Å²) in [4.78, 5) is 12.3. The molecule has 2 aromatic rings. The molecule has 122 valence electrons. The van der Waals surface area contributed by atoms with Crippen LogP contribution in [0.3, 0.4) is 0 Å². The van der Waals surface area contributed by atoms with Crippen molar-refractivity contribution in [3.8, 4) is 11.5 Å². The van der Waals surface area contributed by atoms with Gasteiger partial charge < -0.3 is 14.8 Å². The molecule has 1 N–H and O–H groups in total. The van der Waals surface area contributed by atoms with Gasteiger partial charge in [-0.25, -0.2) is 0 Å². The average molecular weight is 313 g/mol. The van der Waals surface area contributed by atoms with Gasteiger partial charge in [0, 0.05) is 5.69 Å². The van der Waals surface area contributed by atoms with Crippen molar-refractivity contribution in [3.05, 3.63) is 53.6 Å². The quantitative estimate of drug-likeness (QED) is 0.873. The molecule has 0 heterocycles. The van der Waals surface area contributed by atoms with Crippen LogP contribution in [0, 0.1) is 13.8 Å². The number of nitrogens with one attached hydrogen (secondary N) is 1. The summed E-state index contributed by atoms with van der Waals surface area (Å²) < 4.78 is 11.2. The first kappa shape index (κ1) is 16.9. The minimum atomic E-state index is -0.581. The molecule has 0 aliphatic rings. The number of ether oxygens (including phenoxy) is 2. The summed E-state index contributed by atoms with van der Waals surface area (Å²) in [7, 11) is 0. The van der Waals surface area contributed by atoms with Crippen LogP contribution in [0.2, 0.25) is 0 Å². The van der Waals surface area contributed by atoms with Crippen molar-refractivity contribution in [2.75, 3.05) is 11.9 Å².